The number of hydrogen-bond acceptors (Lipinski definition) is 5. The van der Waals surface area contributed by atoms with E-state index in [9.17, 15) is 0 Å². The van der Waals surface area contributed by atoms with Crippen LogP contribution in [0.5, 0.6) is 0 Å². The molecule has 2 atom stereocenters. The SMILES string of the molecule is CCNC(=NCC(C)N1CCN(C)CC1)NCC(c1cccs1)N1CCCC1.I. The molecule has 0 spiro atoms. The average molecular weight is 535 g/mol. The van der Waals surface area contributed by atoms with Gasteiger partial charge in [-0.2, -0.15) is 0 Å². The molecule has 1 aromatic heterocycles. The van der Waals surface area contributed by atoms with Crippen LogP contribution in [0.4, 0.5) is 0 Å². The maximum absolute atomic E-state index is 4.91. The van der Waals surface area contributed by atoms with E-state index in [-0.39, 0.29) is 24.0 Å². The highest BCUT2D eigenvalue weighted by Crippen LogP contribution is 2.27. The van der Waals surface area contributed by atoms with E-state index in [4.69, 9.17) is 4.99 Å². The molecule has 0 bridgehead atoms. The Morgan fingerprint density at radius 2 is 1.83 bits per heavy atom. The van der Waals surface area contributed by atoms with E-state index in [2.05, 4.69) is 63.7 Å². The Bertz CT molecular complexity index is 582. The molecule has 8 heteroatoms. The standard InChI is InChI=1S/C21H38N6S.HI/c1-4-22-21(23-16-18(2)26-13-11-25(3)12-14-26)24-17-19(20-8-7-15-28-20)27-9-5-6-10-27;/h7-8,15,18-19H,4-6,9-14,16-17H2,1-3H3,(H2,22,23,24);1H. The van der Waals surface area contributed by atoms with Gasteiger partial charge in [-0.05, 0) is 58.3 Å². The number of hydrogen-bond donors (Lipinski definition) is 2. The summed E-state index contributed by atoms with van der Waals surface area (Å²) in [5.74, 6) is 0.948. The Labute approximate surface area is 198 Å². The maximum Gasteiger partial charge on any atom is 0.191 e. The van der Waals surface area contributed by atoms with Crippen molar-refractivity contribution in [2.24, 2.45) is 4.99 Å². The summed E-state index contributed by atoms with van der Waals surface area (Å²) < 4.78 is 0. The lowest BCUT2D eigenvalue weighted by molar-refractivity contribution is 0.122. The molecule has 0 amide bonds. The summed E-state index contributed by atoms with van der Waals surface area (Å²) >= 11 is 1.87. The third-order valence-corrected chi connectivity index (χ3v) is 6.91. The van der Waals surface area contributed by atoms with Crippen molar-refractivity contribution >= 4 is 41.3 Å². The molecule has 1 aromatic rings. The van der Waals surface area contributed by atoms with Gasteiger partial charge in [0.1, 0.15) is 0 Å². The summed E-state index contributed by atoms with van der Waals surface area (Å²) in [7, 11) is 2.21. The first kappa shape index (κ1) is 24.8. The van der Waals surface area contributed by atoms with Crippen LogP contribution in [0, 0.1) is 0 Å². The Morgan fingerprint density at radius 3 is 2.45 bits per heavy atom. The van der Waals surface area contributed by atoms with Gasteiger partial charge in [-0.15, -0.1) is 35.3 Å². The lowest BCUT2D eigenvalue weighted by Gasteiger charge is -2.36. The summed E-state index contributed by atoms with van der Waals surface area (Å²) in [6, 6.07) is 5.37. The third-order valence-electron chi connectivity index (χ3n) is 5.93. The van der Waals surface area contributed by atoms with Crippen molar-refractivity contribution in [1.82, 2.24) is 25.3 Å². The molecule has 0 radical (unpaired) electrons. The minimum atomic E-state index is 0. The topological polar surface area (TPSA) is 46.1 Å². The van der Waals surface area contributed by atoms with Crippen LogP contribution in [0.1, 0.15) is 37.6 Å². The van der Waals surface area contributed by atoms with Crippen molar-refractivity contribution in [2.75, 3.05) is 66.0 Å². The van der Waals surface area contributed by atoms with Crippen molar-refractivity contribution in [3.05, 3.63) is 22.4 Å². The normalized spacial score (nSPS) is 21.6. The summed E-state index contributed by atoms with van der Waals surface area (Å²) in [6.07, 6.45) is 2.64. The minimum absolute atomic E-state index is 0. The zero-order valence-corrected chi connectivity index (χ0v) is 21.4. The van der Waals surface area contributed by atoms with Gasteiger partial charge in [0, 0.05) is 50.2 Å². The van der Waals surface area contributed by atoms with Crippen LogP contribution in [0.3, 0.4) is 0 Å². The second kappa shape index (κ2) is 13.1. The van der Waals surface area contributed by atoms with Crippen LogP contribution in [-0.2, 0) is 0 Å². The van der Waals surface area contributed by atoms with Crippen LogP contribution in [0.2, 0.25) is 0 Å². The molecule has 2 N–H and O–H groups in total. The van der Waals surface area contributed by atoms with Gasteiger partial charge >= 0.3 is 0 Å². The molecule has 6 nitrogen and oxygen atoms in total. The largest absolute Gasteiger partial charge is 0.357 e. The average Bonchev–Trinajstić information content (AvgIpc) is 3.41. The van der Waals surface area contributed by atoms with Gasteiger partial charge in [-0.25, -0.2) is 0 Å². The number of likely N-dealkylation sites (tertiary alicyclic amines) is 1. The first-order valence-corrected chi connectivity index (χ1v) is 11.8. The number of guanidine groups is 1. The van der Waals surface area contributed by atoms with Crippen molar-refractivity contribution in [3.8, 4) is 0 Å². The predicted octanol–water partition coefficient (Wildman–Crippen LogP) is 2.69. The van der Waals surface area contributed by atoms with Crippen LogP contribution < -0.4 is 10.6 Å². The maximum atomic E-state index is 4.91. The number of nitrogens with one attached hydrogen (secondary N) is 2. The first-order chi connectivity index (χ1) is 13.7. The van der Waals surface area contributed by atoms with Gasteiger partial charge in [-0.3, -0.25) is 14.8 Å². The van der Waals surface area contributed by atoms with Gasteiger partial charge < -0.3 is 15.5 Å². The molecule has 2 aliphatic heterocycles. The first-order valence-electron chi connectivity index (χ1n) is 10.9. The number of nitrogens with zero attached hydrogens (tertiary/aromatic N) is 4. The van der Waals surface area contributed by atoms with Crippen molar-refractivity contribution in [1.29, 1.82) is 0 Å². The van der Waals surface area contributed by atoms with E-state index in [1.54, 1.807) is 0 Å². The highest BCUT2D eigenvalue weighted by Gasteiger charge is 2.24. The zero-order chi connectivity index (χ0) is 19.8. The van der Waals surface area contributed by atoms with Crippen LogP contribution in [0.25, 0.3) is 0 Å². The van der Waals surface area contributed by atoms with E-state index in [0.29, 0.717) is 12.1 Å². The molecular formula is C21H39IN6S. The monoisotopic (exact) mass is 534 g/mol. The number of thiophene rings is 1. The van der Waals surface area contributed by atoms with Gasteiger partial charge in [-0.1, -0.05) is 6.07 Å². The molecule has 0 saturated carbocycles. The molecule has 2 unspecified atom stereocenters. The number of rotatable bonds is 8. The van der Waals surface area contributed by atoms with Gasteiger partial charge in [0.15, 0.2) is 5.96 Å². The number of halogens is 1. The fraction of sp³-hybridized carbons (Fsp3) is 0.762. The molecular weight excluding hydrogens is 495 g/mol. The fourth-order valence-corrected chi connectivity index (χ4v) is 4.94. The zero-order valence-electron chi connectivity index (χ0n) is 18.3. The lowest BCUT2D eigenvalue weighted by atomic mass is 10.2. The number of piperazine rings is 1. The Balaban J connectivity index is 0.00000300. The molecule has 3 rings (SSSR count). The van der Waals surface area contributed by atoms with E-state index >= 15 is 0 Å². The molecule has 29 heavy (non-hydrogen) atoms. The van der Waals surface area contributed by atoms with Crippen LogP contribution >= 0.6 is 35.3 Å². The third kappa shape index (κ3) is 7.65. The van der Waals surface area contributed by atoms with Crippen LogP contribution in [0.15, 0.2) is 22.5 Å². The molecule has 2 fully saturated rings. The molecule has 166 valence electrons. The van der Waals surface area contributed by atoms with E-state index < -0.39 is 0 Å². The van der Waals surface area contributed by atoms with E-state index in [1.165, 1.54) is 30.8 Å². The van der Waals surface area contributed by atoms with Gasteiger partial charge in [0.2, 0.25) is 0 Å². The van der Waals surface area contributed by atoms with Gasteiger partial charge in [0.25, 0.3) is 0 Å². The highest BCUT2D eigenvalue weighted by molar-refractivity contribution is 14.0. The van der Waals surface area contributed by atoms with Crippen molar-refractivity contribution in [3.63, 3.8) is 0 Å². The number of likely N-dealkylation sites (N-methyl/N-ethyl adjacent to an activating group) is 1. The molecule has 0 aliphatic carbocycles. The fourth-order valence-electron chi connectivity index (χ4n) is 4.08. The highest BCUT2D eigenvalue weighted by atomic mass is 127. The summed E-state index contributed by atoms with van der Waals surface area (Å²) in [6.45, 7) is 14.1. The Hall–Kier alpha value is -0.420. The molecule has 0 aromatic carbocycles. The molecule has 3 heterocycles. The van der Waals surface area contributed by atoms with Crippen LogP contribution in [-0.4, -0.2) is 92.7 Å². The predicted molar refractivity (Wildman–Crippen MR) is 136 cm³/mol. The van der Waals surface area contributed by atoms with Crippen molar-refractivity contribution < 1.29 is 0 Å². The quantitative estimate of drug-likeness (QED) is 0.305. The number of aliphatic imine (C=N–C) groups is 1. The molecule has 2 saturated heterocycles. The van der Waals surface area contributed by atoms with E-state index in [1.807, 2.05) is 11.3 Å². The Kier molecular flexibility index (Phi) is 11.2. The second-order valence-electron chi connectivity index (χ2n) is 8.06. The smallest absolute Gasteiger partial charge is 0.191 e. The summed E-state index contributed by atoms with van der Waals surface area (Å²) in [5.41, 5.74) is 0. The molecule has 2 aliphatic rings. The summed E-state index contributed by atoms with van der Waals surface area (Å²) in [5, 5.41) is 9.25. The second-order valence-corrected chi connectivity index (χ2v) is 9.04. The lowest BCUT2D eigenvalue weighted by Crippen LogP contribution is -2.49. The minimum Gasteiger partial charge on any atom is -0.357 e. The summed E-state index contributed by atoms with van der Waals surface area (Å²) in [4.78, 5) is 14.0. The van der Waals surface area contributed by atoms with Crippen molar-refractivity contribution in [2.45, 2.75) is 38.8 Å². The Morgan fingerprint density at radius 1 is 1.10 bits per heavy atom. The van der Waals surface area contributed by atoms with Gasteiger partial charge in [0.05, 0.1) is 12.6 Å². The van der Waals surface area contributed by atoms with E-state index in [0.717, 1.165) is 51.8 Å².